The van der Waals surface area contributed by atoms with Crippen molar-refractivity contribution in [2.45, 2.75) is 0 Å². The molecule has 1 heterocycles. The van der Waals surface area contributed by atoms with Crippen molar-refractivity contribution in [1.82, 2.24) is 5.43 Å². The second-order valence-corrected chi connectivity index (χ2v) is 2.10. The third-order valence-corrected chi connectivity index (χ3v) is 1.43. The van der Waals surface area contributed by atoms with Crippen LogP contribution >= 0.6 is 0 Å². The SMILES string of the molecule is [C]1=CNNc2ccccc21. The summed E-state index contributed by atoms with van der Waals surface area (Å²) in [5.74, 6) is 0. The fourth-order valence-corrected chi connectivity index (χ4v) is 0.946. The molecule has 0 amide bonds. The maximum Gasteiger partial charge on any atom is 0.0618 e. The van der Waals surface area contributed by atoms with Crippen molar-refractivity contribution < 1.29 is 0 Å². The van der Waals surface area contributed by atoms with Crippen molar-refractivity contribution in [2.24, 2.45) is 0 Å². The minimum absolute atomic E-state index is 1.07. The van der Waals surface area contributed by atoms with Gasteiger partial charge in [-0.15, -0.1) is 0 Å². The Morgan fingerprint density at radius 3 is 3.00 bits per heavy atom. The van der Waals surface area contributed by atoms with Gasteiger partial charge in [0.1, 0.15) is 0 Å². The van der Waals surface area contributed by atoms with E-state index in [-0.39, 0.29) is 0 Å². The molecule has 1 aromatic rings. The van der Waals surface area contributed by atoms with Gasteiger partial charge in [-0.2, -0.15) is 0 Å². The zero-order valence-electron chi connectivity index (χ0n) is 5.39. The van der Waals surface area contributed by atoms with E-state index < -0.39 is 0 Å². The molecule has 0 aliphatic carbocycles. The average Bonchev–Trinajstić information content (AvgIpc) is 2.05. The smallest absolute Gasteiger partial charge is 0.0618 e. The van der Waals surface area contributed by atoms with Crippen molar-refractivity contribution in [1.29, 1.82) is 0 Å². The summed E-state index contributed by atoms with van der Waals surface area (Å²) >= 11 is 0. The highest BCUT2D eigenvalue weighted by Gasteiger charge is 1.99. The molecule has 2 rings (SSSR count). The molecule has 1 radical (unpaired) electrons. The Morgan fingerprint density at radius 2 is 2.10 bits per heavy atom. The van der Waals surface area contributed by atoms with Gasteiger partial charge in [-0.25, -0.2) is 0 Å². The van der Waals surface area contributed by atoms with Crippen LogP contribution in [0.2, 0.25) is 0 Å². The van der Waals surface area contributed by atoms with Crippen molar-refractivity contribution in [3.05, 3.63) is 42.1 Å². The van der Waals surface area contributed by atoms with Gasteiger partial charge in [0.05, 0.1) is 5.69 Å². The van der Waals surface area contributed by atoms with Crippen LogP contribution in [0.3, 0.4) is 0 Å². The molecule has 0 atom stereocenters. The quantitative estimate of drug-likeness (QED) is 0.554. The second kappa shape index (κ2) is 2.06. The monoisotopic (exact) mass is 131 g/mol. The zero-order chi connectivity index (χ0) is 6.81. The van der Waals surface area contributed by atoms with Crippen LogP contribution in [0, 0.1) is 6.08 Å². The van der Waals surface area contributed by atoms with Crippen molar-refractivity contribution in [2.75, 3.05) is 5.43 Å². The van der Waals surface area contributed by atoms with Crippen molar-refractivity contribution >= 4 is 5.69 Å². The topological polar surface area (TPSA) is 24.1 Å². The number of rotatable bonds is 0. The van der Waals surface area contributed by atoms with E-state index in [2.05, 4.69) is 16.9 Å². The van der Waals surface area contributed by atoms with Crippen LogP contribution in [-0.2, 0) is 0 Å². The fraction of sp³-hybridized carbons (Fsp3) is 0. The van der Waals surface area contributed by atoms with Crippen molar-refractivity contribution in [3.8, 4) is 0 Å². The van der Waals surface area contributed by atoms with Gasteiger partial charge in [0, 0.05) is 17.8 Å². The van der Waals surface area contributed by atoms with Crippen LogP contribution in [0.1, 0.15) is 5.56 Å². The number of nitrogens with one attached hydrogen (secondary N) is 2. The maximum absolute atomic E-state index is 3.06. The van der Waals surface area contributed by atoms with E-state index in [0.717, 1.165) is 11.3 Å². The van der Waals surface area contributed by atoms with Gasteiger partial charge in [0.15, 0.2) is 0 Å². The van der Waals surface area contributed by atoms with Gasteiger partial charge in [0.25, 0.3) is 0 Å². The predicted molar refractivity (Wildman–Crippen MR) is 40.1 cm³/mol. The first-order valence-corrected chi connectivity index (χ1v) is 3.15. The number of hydrazine groups is 1. The molecule has 1 aromatic carbocycles. The predicted octanol–water partition coefficient (Wildman–Crippen LogP) is 1.28. The minimum Gasteiger partial charge on any atom is -0.308 e. The summed E-state index contributed by atoms with van der Waals surface area (Å²) in [6, 6.07) is 8.00. The number of benzene rings is 1. The lowest BCUT2D eigenvalue weighted by Gasteiger charge is -2.12. The molecule has 2 heteroatoms. The molecule has 0 aromatic heterocycles. The molecule has 0 fully saturated rings. The second-order valence-electron chi connectivity index (χ2n) is 2.10. The molecule has 1 aliphatic rings. The molecule has 0 bridgehead atoms. The third kappa shape index (κ3) is 0.739. The highest BCUT2D eigenvalue weighted by atomic mass is 15.3. The molecule has 0 saturated heterocycles. The minimum atomic E-state index is 1.07. The number of hydrogen-bond acceptors (Lipinski definition) is 2. The summed E-state index contributed by atoms with van der Waals surface area (Å²) < 4.78 is 0. The van der Waals surface area contributed by atoms with Crippen LogP contribution in [-0.4, -0.2) is 0 Å². The lowest BCUT2D eigenvalue weighted by molar-refractivity contribution is 1.03. The summed E-state index contributed by atoms with van der Waals surface area (Å²) in [6.07, 6.45) is 4.82. The molecule has 0 unspecified atom stereocenters. The molecular weight excluding hydrogens is 124 g/mol. The highest BCUT2D eigenvalue weighted by molar-refractivity contribution is 5.54. The number of hydrogen-bond donors (Lipinski definition) is 2. The molecule has 0 saturated carbocycles. The average molecular weight is 131 g/mol. The van der Waals surface area contributed by atoms with Gasteiger partial charge in [-0.05, 0) is 6.07 Å². The molecular formula is C8H7N2. The lowest BCUT2D eigenvalue weighted by atomic mass is 10.1. The first-order chi connectivity index (χ1) is 4.97. The Morgan fingerprint density at radius 1 is 1.20 bits per heavy atom. The summed E-state index contributed by atoms with van der Waals surface area (Å²) in [4.78, 5) is 0. The number of fused-ring (bicyclic) bond motifs is 1. The molecule has 0 spiro atoms. The fourth-order valence-electron chi connectivity index (χ4n) is 0.946. The van der Waals surface area contributed by atoms with Crippen molar-refractivity contribution in [3.63, 3.8) is 0 Å². The first kappa shape index (κ1) is 5.35. The summed E-state index contributed by atoms with van der Waals surface area (Å²) in [6.45, 7) is 0. The standard InChI is InChI=1S/C8H7N2/c1-2-4-8-7(3-1)5-6-9-10-8/h1-4,6,9-10H. The van der Waals surface area contributed by atoms with Crippen LogP contribution in [0.5, 0.6) is 0 Å². The van der Waals surface area contributed by atoms with Gasteiger partial charge in [0.2, 0.25) is 0 Å². The Hall–Kier alpha value is -1.44. The van der Waals surface area contributed by atoms with E-state index >= 15 is 0 Å². The summed E-state index contributed by atoms with van der Waals surface area (Å²) in [5.41, 5.74) is 8.02. The summed E-state index contributed by atoms with van der Waals surface area (Å²) in [5, 5.41) is 0. The van der Waals surface area contributed by atoms with E-state index in [0.29, 0.717) is 0 Å². The molecule has 2 nitrogen and oxygen atoms in total. The third-order valence-electron chi connectivity index (χ3n) is 1.43. The van der Waals surface area contributed by atoms with E-state index in [1.807, 2.05) is 24.3 Å². The van der Waals surface area contributed by atoms with E-state index in [9.17, 15) is 0 Å². The molecule has 2 N–H and O–H groups in total. The Balaban J connectivity index is 2.54. The molecule has 10 heavy (non-hydrogen) atoms. The Kier molecular flexibility index (Phi) is 1.10. The van der Waals surface area contributed by atoms with Crippen LogP contribution in [0.25, 0.3) is 0 Å². The zero-order valence-corrected chi connectivity index (χ0v) is 5.39. The van der Waals surface area contributed by atoms with E-state index in [1.54, 1.807) is 6.20 Å². The first-order valence-electron chi connectivity index (χ1n) is 3.15. The largest absolute Gasteiger partial charge is 0.308 e. The van der Waals surface area contributed by atoms with Gasteiger partial charge < -0.3 is 10.9 Å². The maximum atomic E-state index is 3.06. The van der Waals surface area contributed by atoms with Crippen LogP contribution in [0.15, 0.2) is 30.5 Å². The Labute approximate surface area is 59.5 Å². The number of para-hydroxylation sites is 1. The highest BCUT2D eigenvalue weighted by Crippen LogP contribution is 2.15. The normalized spacial score (nSPS) is 13.2. The van der Waals surface area contributed by atoms with Gasteiger partial charge >= 0.3 is 0 Å². The molecule has 49 valence electrons. The number of anilines is 1. The van der Waals surface area contributed by atoms with Gasteiger partial charge in [-0.1, -0.05) is 18.2 Å². The lowest BCUT2D eigenvalue weighted by Crippen LogP contribution is -2.18. The van der Waals surface area contributed by atoms with Crippen LogP contribution < -0.4 is 10.9 Å². The van der Waals surface area contributed by atoms with Crippen LogP contribution in [0.4, 0.5) is 5.69 Å². The van der Waals surface area contributed by atoms with E-state index in [4.69, 9.17) is 0 Å². The van der Waals surface area contributed by atoms with Gasteiger partial charge in [-0.3, -0.25) is 0 Å². The van der Waals surface area contributed by atoms with E-state index in [1.165, 1.54) is 0 Å². The molecule has 1 aliphatic heterocycles. The Bertz CT molecular complexity index is 266. The summed E-state index contributed by atoms with van der Waals surface area (Å²) in [7, 11) is 0.